The summed E-state index contributed by atoms with van der Waals surface area (Å²) in [4.78, 5) is 27.1. The Bertz CT molecular complexity index is 2060. The van der Waals surface area contributed by atoms with Crippen LogP contribution >= 0.6 is 23.2 Å². The maximum atomic E-state index is 11.9. The van der Waals surface area contributed by atoms with Crippen LogP contribution in [-0.4, -0.2) is 72.6 Å². The number of hydrogen-bond donors (Lipinski definition) is 1. The van der Waals surface area contributed by atoms with Crippen molar-refractivity contribution in [3.8, 4) is 45.4 Å². The summed E-state index contributed by atoms with van der Waals surface area (Å²) < 4.78 is 11.9. The molecule has 5 heterocycles. The van der Waals surface area contributed by atoms with E-state index >= 15 is 0 Å². The van der Waals surface area contributed by atoms with E-state index in [4.69, 9.17) is 42.6 Å². The normalized spacial score (nSPS) is 22.4. The monoisotopic (exact) mass is 723 g/mol. The zero-order chi connectivity index (χ0) is 35.0. The van der Waals surface area contributed by atoms with E-state index in [1.165, 1.54) is 23.1 Å². The van der Waals surface area contributed by atoms with Crippen molar-refractivity contribution in [3.05, 3.63) is 80.8 Å². The summed E-state index contributed by atoms with van der Waals surface area (Å²) in [7, 11) is 3.41. The van der Waals surface area contributed by atoms with Crippen LogP contribution in [0.15, 0.2) is 48.5 Å². The maximum absolute atomic E-state index is 11.9. The molecule has 3 aliphatic heterocycles. The van der Waals surface area contributed by atoms with E-state index in [-0.39, 0.29) is 17.4 Å². The van der Waals surface area contributed by atoms with Crippen molar-refractivity contribution in [2.75, 3.05) is 46.9 Å². The van der Waals surface area contributed by atoms with Crippen LogP contribution in [0, 0.1) is 11.3 Å². The second-order valence-electron chi connectivity index (χ2n) is 15.2. The van der Waals surface area contributed by atoms with Crippen LogP contribution in [0.5, 0.6) is 11.8 Å². The number of benzene rings is 2. The summed E-state index contributed by atoms with van der Waals surface area (Å²) in [6.45, 7) is 7.18. The topological polar surface area (TPSA) is 79.8 Å². The molecule has 3 fully saturated rings. The Kier molecular flexibility index (Phi) is 8.30. The van der Waals surface area contributed by atoms with Crippen molar-refractivity contribution < 1.29 is 14.3 Å². The summed E-state index contributed by atoms with van der Waals surface area (Å²) in [5.74, 6) is 2.30. The largest absolute Gasteiger partial charge is 0.481 e. The summed E-state index contributed by atoms with van der Waals surface area (Å²) in [6, 6.07) is 17.1. The van der Waals surface area contributed by atoms with E-state index in [9.17, 15) is 4.79 Å². The van der Waals surface area contributed by atoms with Gasteiger partial charge in [0.15, 0.2) is 0 Å². The molecule has 5 aliphatic rings. The van der Waals surface area contributed by atoms with Crippen molar-refractivity contribution in [2.24, 2.45) is 11.3 Å². The number of carbonyl (C=O) groups excluding carboxylic acids is 1. The fraction of sp³-hybridized carbons (Fsp3) is 0.439. The third-order valence-corrected chi connectivity index (χ3v) is 13.0. The standard InChI is InChI=1S/C41H43Cl2N5O3/c1-4-23-18-47(19-23)32-13-11-24-15-30(45-39(50-2)35(24)32)28-9-5-7-26(37(28)42)27-8-6-10-29(38(27)43)31-16-25-12-14-33(36(25)40(46-31)51-3)48-21-41(22-48)17-34(49)44-20-41/h5-10,15-16,23,32-33H,4,11-14,17-22H2,1-3H3,(H,44,49)/t32-,33-/m0/s1. The van der Waals surface area contributed by atoms with Gasteiger partial charge < -0.3 is 14.8 Å². The Labute approximate surface area is 309 Å². The van der Waals surface area contributed by atoms with Crippen LogP contribution < -0.4 is 14.8 Å². The number of halogens is 2. The molecule has 2 aliphatic carbocycles. The van der Waals surface area contributed by atoms with Gasteiger partial charge in [0.1, 0.15) is 0 Å². The molecule has 1 spiro atoms. The van der Waals surface area contributed by atoms with E-state index in [1.54, 1.807) is 14.2 Å². The molecule has 2 atom stereocenters. The van der Waals surface area contributed by atoms with Gasteiger partial charge in [-0.2, -0.15) is 0 Å². The number of likely N-dealkylation sites (tertiary alicyclic amines) is 2. The van der Waals surface area contributed by atoms with Gasteiger partial charge in [0, 0.05) is 90.0 Å². The predicted octanol–water partition coefficient (Wildman–Crippen LogP) is 7.94. The molecule has 4 aromatic rings. The number of hydrogen-bond acceptors (Lipinski definition) is 7. The van der Waals surface area contributed by atoms with Crippen molar-refractivity contribution in [1.82, 2.24) is 25.1 Å². The minimum Gasteiger partial charge on any atom is -0.481 e. The maximum Gasteiger partial charge on any atom is 0.220 e. The lowest BCUT2D eigenvalue weighted by Crippen LogP contribution is -2.58. The first-order chi connectivity index (χ1) is 24.8. The Balaban J connectivity index is 1.02. The molecule has 1 N–H and O–H groups in total. The number of nitrogens with one attached hydrogen (secondary N) is 1. The van der Waals surface area contributed by atoms with Gasteiger partial charge >= 0.3 is 0 Å². The molecule has 0 bridgehead atoms. The lowest BCUT2D eigenvalue weighted by Gasteiger charge is -2.50. The number of aromatic nitrogens is 2. The number of carbonyl (C=O) groups is 1. The predicted molar refractivity (Wildman–Crippen MR) is 201 cm³/mol. The molecule has 1 amide bonds. The number of pyridine rings is 2. The number of methoxy groups -OCH3 is 2. The second-order valence-corrected chi connectivity index (χ2v) is 16.0. The van der Waals surface area contributed by atoms with E-state index in [0.717, 1.165) is 104 Å². The molecule has 10 heteroatoms. The van der Waals surface area contributed by atoms with Gasteiger partial charge in [-0.05, 0) is 54.9 Å². The molecule has 51 heavy (non-hydrogen) atoms. The summed E-state index contributed by atoms with van der Waals surface area (Å²) in [6.07, 6.45) is 5.88. The number of fused-ring (bicyclic) bond motifs is 2. The van der Waals surface area contributed by atoms with Crippen LogP contribution in [0.3, 0.4) is 0 Å². The first-order valence-corrected chi connectivity index (χ1v) is 19.0. The molecule has 0 saturated carbocycles. The van der Waals surface area contributed by atoms with Crippen molar-refractivity contribution in [2.45, 2.75) is 57.5 Å². The molecule has 0 unspecified atom stereocenters. The molecule has 2 aromatic heterocycles. The Morgan fingerprint density at radius 3 is 1.78 bits per heavy atom. The van der Waals surface area contributed by atoms with Crippen molar-refractivity contribution in [1.29, 1.82) is 0 Å². The molecular weight excluding hydrogens is 681 g/mol. The fourth-order valence-electron chi connectivity index (χ4n) is 9.49. The first kappa shape index (κ1) is 33.2. The molecule has 0 radical (unpaired) electrons. The van der Waals surface area contributed by atoms with Gasteiger partial charge in [-0.25, -0.2) is 9.97 Å². The minimum absolute atomic E-state index is 0.0745. The van der Waals surface area contributed by atoms with Crippen LogP contribution in [-0.2, 0) is 17.6 Å². The molecule has 9 rings (SSSR count). The second kappa shape index (κ2) is 12.8. The van der Waals surface area contributed by atoms with Crippen LogP contribution in [0.1, 0.15) is 66.9 Å². The van der Waals surface area contributed by atoms with Crippen LogP contribution in [0.4, 0.5) is 0 Å². The van der Waals surface area contributed by atoms with Gasteiger partial charge in [-0.3, -0.25) is 14.6 Å². The van der Waals surface area contributed by atoms with Gasteiger partial charge in [0.25, 0.3) is 0 Å². The quantitative estimate of drug-likeness (QED) is 0.198. The minimum atomic E-state index is 0.0745. The van der Waals surface area contributed by atoms with E-state index in [1.807, 2.05) is 36.4 Å². The van der Waals surface area contributed by atoms with Gasteiger partial charge in [-0.1, -0.05) is 72.9 Å². The number of rotatable bonds is 8. The molecular formula is C41H43Cl2N5O3. The van der Waals surface area contributed by atoms with E-state index < -0.39 is 0 Å². The highest BCUT2D eigenvalue weighted by molar-refractivity contribution is 6.39. The van der Waals surface area contributed by atoms with Gasteiger partial charge in [0.2, 0.25) is 17.7 Å². The lowest BCUT2D eigenvalue weighted by molar-refractivity contribution is -0.121. The molecule has 264 valence electrons. The number of nitrogens with zero attached hydrogens (tertiary/aromatic N) is 4. The SMILES string of the molecule is CCC1CN([C@H]2CCc3cc(-c4cccc(-c5cccc(-c6cc7c(c(OC)n6)[C@@H](N6CC8(CNC(=O)C8)C6)CC7)c5Cl)c4Cl)nc(OC)c32)C1. The summed E-state index contributed by atoms with van der Waals surface area (Å²) in [5.41, 5.74) is 9.95. The van der Waals surface area contributed by atoms with Gasteiger partial charge in [-0.15, -0.1) is 0 Å². The third-order valence-electron chi connectivity index (χ3n) is 12.2. The summed E-state index contributed by atoms with van der Waals surface area (Å²) in [5, 5.41) is 4.21. The highest BCUT2D eigenvalue weighted by Crippen LogP contribution is 2.50. The third kappa shape index (κ3) is 5.44. The molecule has 2 aromatic carbocycles. The smallest absolute Gasteiger partial charge is 0.220 e. The van der Waals surface area contributed by atoms with Crippen molar-refractivity contribution in [3.63, 3.8) is 0 Å². The van der Waals surface area contributed by atoms with Gasteiger partial charge in [0.05, 0.1) is 35.7 Å². The van der Waals surface area contributed by atoms with Crippen molar-refractivity contribution >= 4 is 29.1 Å². The number of ether oxygens (including phenoxy) is 2. The van der Waals surface area contributed by atoms with Crippen LogP contribution in [0.2, 0.25) is 10.0 Å². The number of aryl methyl sites for hydroxylation is 2. The van der Waals surface area contributed by atoms with E-state index in [2.05, 4.69) is 34.2 Å². The zero-order valence-electron chi connectivity index (χ0n) is 29.4. The first-order valence-electron chi connectivity index (χ1n) is 18.3. The van der Waals surface area contributed by atoms with Crippen LogP contribution in [0.25, 0.3) is 33.6 Å². The number of amides is 1. The summed E-state index contributed by atoms with van der Waals surface area (Å²) >= 11 is 14.5. The fourth-order valence-corrected chi connectivity index (χ4v) is 10.1. The average molecular weight is 725 g/mol. The highest BCUT2D eigenvalue weighted by atomic mass is 35.5. The zero-order valence-corrected chi connectivity index (χ0v) is 30.9. The Morgan fingerprint density at radius 1 is 0.804 bits per heavy atom. The lowest BCUT2D eigenvalue weighted by atomic mass is 9.77. The Morgan fingerprint density at radius 2 is 1.31 bits per heavy atom. The molecule has 3 saturated heterocycles. The Hall–Kier alpha value is -3.69. The van der Waals surface area contributed by atoms with E-state index in [0.29, 0.717) is 34.3 Å². The highest BCUT2D eigenvalue weighted by Gasteiger charge is 2.51. The molecule has 8 nitrogen and oxygen atoms in total. The average Bonchev–Trinajstić information content (AvgIpc) is 3.84.